The van der Waals surface area contributed by atoms with Gasteiger partial charge in [0.25, 0.3) is 5.91 Å². The maximum atomic E-state index is 13.3. The Bertz CT molecular complexity index is 680. The molecule has 4 nitrogen and oxygen atoms in total. The van der Waals surface area contributed by atoms with Crippen LogP contribution >= 0.6 is 15.9 Å². The average Bonchev–Trinajstić information content (AvgIpc) is 2.44. The Morgan fingerprint density at radius 1 is 1.19 bits per heavy atom. The summed E-state index contributed by atoms with van der Waals surface area (Å²) in [5.74, 6) is -1.29. The summed E-state index contributed by atoms with van der Waals surface area (Å²) in [4.78, 5) is 11.7. The van der Waals surface area contributed by atoms with E-state index in [4.69, 9.17) is 10.5 Å². The van der Waals surface area contributed by atoms with Crippen LogP contribution in [-0.2, 0) is 4.79 Å². The maximum Gasteiger partial charge on any atom is 0.262 e. The molecule has 21 heavy (non-hydrogen) atoms. The van der Waals surface area contributed by atoms with Crippen LogP contribution in [0.5, 0.6) is 5.75 Å². The number of anilines is 2. The summed E-state index contributed by atoms with van der Waals surface area (Å²) >= 11 is 3.01. The summed E-state index contributed by atoms with van der Waals surface area (Å²) in [5.41, 5.74) is 5.67. The molecule has 2 aromatic rings. The number of hydrogen-bond acceptors (Lipinski definition) is 3. The zero-order chi connectivity index (χ0) is 15.4. The van der Waals surface area contributed by atoms with Crippen LogP contribution in [0, 0.1) is 11.6 Å². The van der Waals surface area contributed by atoms with Crippen LogP contribution in [0.15, 0.2) is 40.9 Å². The first-order valence-corrected chi connectivity index (χ1v) is 6.68. The van der Waals surface area contributed by atoms with Gasteiger partial charge in [-0.05, 0) is 46.3 Å². The van der Waals surface area contributed by atoms with Gasteiger partial charge < -0.3 is 15.8 Å². The first-order valence-electron chi connectivity index (χ1n) is 5.88. The number of benzene rings is 2. The van der Waals surface area contributed by atoms with E-state index in [1.807, 2.05) is 0 Å². The molecule has 0 aliphatic rings. The molecule has 0 aromatic heterocycles. The highest BCUT2D eigenvalue weighted by Crippen LogP contribution is 2.21. The topological polar surface area (TPSA) is 64.3 Å². The van der Waals surface area contributed by atoms with Crippen molar-refractivity contribution in [1.29, 1.82) is 0 Å². The Morgan fingerprint density at radius 3 is 2.62 bits per heavy atom. The molecule has 0 fully saturated rings. The zero-order valence-corrected chi connectivity index (χ0v) is 12.3. The second kappa shape index (κ2) is 6.53. The number of amides is 1. The van der Waals surface area contributed by atoms with Gasteiger partial charge in [0.15, 0.2) is 6.61 Å². The lowest BCUT2D eigenvalue weighted by atomic mass is 10.2. The van der Waals surface area contributed by atoms with Crippen LogP contribution in [0.2, 0.25) is 0 Å². The van der Waals surface area contributed by atoms with Crippen molar-refractivity contribution >= 4 is 33.2 Å². The van der Waals surface area contributed by atoms with E-state index in [0.29, 0.717) is 10.2 Å². The Hall–Kier alpha value is -2.15. The molecule has 1 amide bonds. The number of hydrogen-bond donors (Lipinski definition) is 2. The summed E-state index contributed by atoms with van der Waals surface area (Å²) in [6.45, 7) is -0.307. The summed E-state index contributed by atoms with van der Waals surface area (Å²) in [5, 5.41) is 2.49. The third-order valence-corrected chi connectivity index (χ3v) is 3.18. The van der Waals surface area contributed by atoms with Crippen LogP contribution in [0.4, 0.5) is 20.2 Å². The van der Waals surface area contributed by atoms with Crippen molar-refractivity contribution in [2.75, 3.05) is 17.7 Å². The Balaban J connectivity index is 1.92. The van der Waals surface area contributed by atoms with Gasteiger partial charge in [-0.1, -0.05) is 0 Å². The summed E-state index contributed by atoms with van der Waals surface area (Å²) < 4.78 is 31.7. The number of carbonyl (C=O) groups is 1. The Morgan fingerprint density at radius 2 is 1.95 bits per heavy atom. The summed E-state index contributed by atoms with van der Waals surface area (Å²) in [6, 6.07) is 7.98. The molecule has 2 aromatic carbocycles. The minimum atomic E-state index is -0.561. The quantitative estimate of drug-likeness (QED) is 0.825. The van der Waals surface area contributed by atoms with Crippen LogP contribution in [0.1, 0.15) is 0 Å². The fraction of sp³-hybridized carbons (Fsp3) is 0.0714. The Kier molecular flexibility index (Phi) is 4.74. The predicted octanol–water partition coefficient (Wildman–Crippen LogP) is 3.33. The number of nitrogen functional groups attached to an aromatic ring is 1. The van der Waals surface area contributed by atoms with E-state index in [9.17, 15) is 13.6 Å². The number of halogens is 3. The zero-order valence-electron chi connectivity index (χ0n) is 10.7. The predicted molar refractivity (Wildman–Crippen MR) is 79.0 cm³/mol. The van der Waals surface area contributed by atoms with E-state index in [2.05, 4.69) is 21.2 Å². The molecule has 2 rings (SSSR count). The van der Waals surface area contributed by atoms with Gasteiger partial charge in [0.05, 0.1) is 10.2 Å². The van der Waals surface area contributed by atoms with Crippen molar-refractivity contribution in [3.8, 4) is 5.75 Å². The van der Waals surface area contributed by atoms with Gasteiger partial charge in [-0.2, -0.15) is 0 Å². The second-order valence-corrected chi connectivity index (χ2v) is 5.00. The average molecular weight is 357 g/mol. The van der Waals surface area contributed by atoms with E-state index in [1.54, 1.807) is 0 Å². The first-order chi connectivity index (χ1) is 9.95. The third kappa shape index (κ3) is 4.16. The number of rotatable bonds is 4. The molecule has 0 radical (unpaired) electrons. The third-order valence-electron chi connectivity index (χ3n) is 2.54. The van der Waals surface area contributed by atoms with E-state index in [1.165, 1.54) is 24.3 Å². The highest BCUT2D eigenvalue weighted by molar-refractivity contribution is 9.10. The van der Waals surface area contributed by atoms with Gasteiger partial charge in [0.1, 0.15) is 17.4 Å². The van der Waals surface area contributed by atoms with E-state index in [0.717, 1.165) is 12.1 Å². The molecule has 0 aliphatic heterocycles. The Labute approximate surface area is 128 Å². The molecular weight excluding hydrogens is 346 g/mol. The second-order valence-electron chi connectivity index (χ2n) is 4.15. The van der Waals surface area contributed by atoms with Crippen LogP contribution in [0.3, 0.4) is 0 Å². The fourth-order valence-electron chi connectivity index (χ4n) is 1.53. The lowest BCUT2D eigenvalue weighted by Gasteiger charge is -2.08. The van der Waals surface area contributed by atoms with Crippen LogP contribution in [0.25, 0.3) is 0 Å². The van der Waals surface area contributed by atoms with Crippen molar-refractivity contribution < 1.29 is 18.3 Å². The molecule has 0 unspecified atom stereocenters. The minimum absolute atomic E-state index is 0.0660. The lowest BCUT2D eigenvalue weighted by molar-refractivity contribution is -0.118. The molecule has 0 heterocycles. The molecule has 0 bridgehead atoms. The first kappa shape index (κ1) is 15.2. The maximum absolute atomic E-state index is 13.3. The number of nitrogens with one attached hydrogen (secondary N) is 1. The molecule has 0 atom stereocenters. The molecule has 0 saturated carbocycles. The number of carbonyl (C=O) groups excluding carboxylic acids is 1. The van der Waals surface area contributed by atoms with Crippen LogP contribution in [-0.4, -0.2) is 12.5 Å². The SMILES string of the molecule is Nc1cc(NC(=O)COc2ccc(Br)c(F)c2)ccc1F. The van der Waals surface area contributed by atoms with Gasteiger partial charge in [-0.3, -0.25) is 4.79 Å². The lowest BCUT2D eigenvalue weighted by Crippen LogP contribution is -2.20. The van der Waals surface area contributed by atoms with Gasteiger partial charge in [0.2, 0.25) is 0 Å². The molecule has 7 heteroatoms. The molecule has 0 saturated heterocycles. The van der Waals surface area contributed by atoms with Crippen molar-refractivity contribution in [2.24, 2.45) is 0 Å². The van der Waals surface area contributed by atoms with E-state index in [-0.39, 0.29) is 18.0 Å². The van der Waals surface area contributed by atoms with Crippen LogP contribution < -0.4 is 15.8 Å². The van der Waals surface area contributed by atoms with Crippen molar-refractivity contribution in [1.82, 2.24) is 0 Å². The normalized spacial score (nSPS) is 10.2. The van der Waals surface area contributed by atoms with Crippen molar-refractivity contribution in [3.63, 3.8) is 0 Å². The van der Waals surface area contributed by atoms with Gasteiger partial charge in [-0.25, -0.2) is 8.78 Å². The molecule has 0 spiro atoms. The number of ether oxygens (including phenoxy) is 1. The minimum Gasteiger partial charge on any atom is -0.484 e. The highest BCUT2D eigenvalue weighted by Gasteiger charge is 2.07. The number of nitrogens with two attached hydrogens (primary N) is 1. The largest absolute Gasteiger partial charge is 0.484 e. The van der Waals surface area contributed by atoms with E-state index < -0.39 is 17.5 Å². The summed E-state index contributed by atoms with van der Waals surface area (Å²) in [6.07, 6.45) is 0. The summed E-state index contributed by atoms with van der Waals surface area (Å²) in [7, 11) is 0. The van der Waals surface area contributed by atoms with Gasteiger partial charge in [0, 0.05) is 11.8 Å². The monoisotopic (exact) mass is 356 g/mol. The van der Waals surface area contributed by atoms with E-state index >= 15 is 0 Å². The molecule has 3 N–H and O–H groups in total. The van der Waals surface area contributed by atoms with Gasteiger partial charge >= 0.3 is 0 Å². The standard InChI is InChI=1S/C14H11BrF2N2O2/c15-10-3-2-9(6-12(10)17)21-7-14(20)19-8-1-4-11(16)13(18)5-8/h1-6H,7,18H2,(H,19,20). The smallest absolute Gasteiger partial charge is 0.262 e. The van der Waals surface area contributed by atoms with Crippen molar-refractivity contribution in [3.05, 3.63) is 52.5 Å². The van der Waals surface area contributed by atoms with Gasteiger partial charge in [-0.15, -0.1) is 0 Å². The molecule has 0 aliphatic carbocycles. The van der Waals surface area contributed by atoms with Crippen molar-refractivity contribution in [2.45, 2.75) is 0 Å². The highest BCUT2D eigenvalue weighted by atomic mass is 79.9. The molecule has 110 valence electrons. The molecular formula is C14H11BrF2N2O2. The fourth-order valence-corrected chi connectivity index (χ4v) is 1.78.